The molecule has 0 atom stereocenters. The highest BCUT2D eigenvalue weighted by Gasteiger charge is 2.20. The van der Waals surface area contributed by atoms with Crippen LogP contribution in [0.5, 0.6) is 0 Å². The molecule has 132 valence electrons. The Kier molecular flexibility index (Phi) is 6.42. The number of likely N-dealkylation sites (tertiary alicyclic amines) is 1. The van der Waals surface area contributed by atoms with E-state index in [1.807, 2.05) is 0 Å². The van der Waals surface area contributed by atoms with Crippen LogP contribution in [0.25, 0.3) is 0 Å². The van der Waals surface area contributed by atoms with E-state index in [4.69, 9.17) is 0 Å². The fraction of sp³-hybridized carbons (Fsp3) is 0.350. The second kappa shape index (κ2) is 8.76. The van der Waals surface area contributed by atoms with Crippen molar-refractivity contribution in [2.24, 2.45) is 0 Å². The van der Waals surface area contributed by atoms with E-state index in [1.165, 1.54) is 21.3 Å². The Morgan fingerprint density at radius 3 is 2.52 bits per heavy atom. The van der Waals surface area contributed by atoms with E-state index >= 15 is 0 Å². The zero-order valence-electron chi connectivity index (χ0n) is 14.1. The molecule has 0 unspecified atom stereocenters. The number of amides is 1. The van der Waals surface area contributed by atoms with Crippen LogP contribution in [0.3, 0.4) is 0 Å². The van der Waals surface area contributed by atoms with Gasteiger partial charge in [-0.15, -0.1) is 0 Å². The average Bonchev–Trinajstić information content (AvgIpc) is 2.59. The van der Waals surface area contributed by atoms with Gasteiger partial charge in [-0.05, 0) is 70.8 Å². The van der Waals surface area contributed by atoms with Crippen LogP contribution in [-0.4, -0.2) is 29.9 Å². The average molecular weight is 452 g/mol. The number of hydrogen-bond acceptors (Lipinski definition) is 2. The van der Waals surface area contributed by atoms with Gasteiger partial charge in [-0.1, -0.05) is 24.3 Å². The normalized spacial score (nSPS) is 15.9. The van der Waals surface area contributed by atoms with Gasteiger partial charge >= 0.3 is 0 Å². The molecule has 0 saturated carbocycles. The minimum atomic E-state index is -0.297. The summed E-state index contributed by atoms with van der Waals surface area (Å²) in [4.78, 5) is 14.6. The lowest BCUT2D eigenvalue weighted by atomic mass is 10.0. The summed E-state index contributed by atoms with van der Waals surface area (Å²) >= 11 is 2.32. The van der Waals surface area contributed by atoms with Crippen molar-refractivity contribution in [3.63, 3.8) is 0 Å². The number of carbonyl (C=O) groups is 1. The molecule has 1 heterocycles. The molecule has 3 nitrogen and oxygen atoms in total. The van der Waals surface area contributed by atoms with Crippen LogP contribution in [0.1, 0.15) is 24.0 Å². The Morgan fingerprint density at radius 1 is 1.12 bits per heavy atom. The van der Waals surface area contributed by atoms with Crippen LogP contribution >= 0.6 is 22.6 Å². The summed E-state index contributed by atoms with van der Waals surface area (Å²) in [7, 11) is 0. The highest BCUT2D eigenvalue weighted by Crippen LogP contribution is 2.15. The SMILES string of the molecule is O=C(Cc1cccc(F)c1)NC1CCN(Cc2ccc(I)cc2)CC1. The third-order valence-corrected chi connectivity index (χ3v) is 5.25. The Balaban J connectivity index is 1.42. The summed E-state index contributed by atoms with van der Waals surface area (Å²) in [5, 5.41) is 3.09. The van der Waals surface area contributed by atoms with Crippen LogP contribution in [0.15, 0.2) is 48.5 Å². The van der Waals surface area contributed by atoms with Gasteiger partial charge in [0.25, 0.3) is 0 Å². The first-order chi connectivity index (χ1) is 12.1. The van der Waals surface area contributed by atoms with Crippen molar-refractivity contribution >= 4 is 28.5 Å². The molecule has 0 radical (unpaired) electrons. The van der Waals surface area contributed by atoms with E-state index in [0.29, 0.717) is 5.56 Å². The first kappa shape index (κ1) is 18.3. The molecular formula is C20H22FIN2O. The van der Waals surface area contributed by atoms with E-state index in [1.54, 1.807) is 12.1 Å². The maximum absolute atomic E-state index is 13.2. The summed E-state index contributed by atoms with van der Waals surface area (Å²) in [6.45, 7) is 2.93. The molecule has 5 heteroatoms. The predicted octanol–water partition coefficient (Wildman–Crippen LogP) is 3.75. The fourth-order valence-corrected chi connectivity index (χ4v) is 3.55. The minimum Gasteiger partial charge on any atom is -0.353 e. The van der Waals surface area contributed by atoms with Crippen molar-refractivity contribution in [1.29, 1.82) is 0 Å². The van der Waals surface area contributed by atoms with Crippen molar-refractivity contribution in [2.75, 3.05) is 13.1 Å². The van der Waals surface area contributed by atoms with Crippen LogP contribution in [0, 0.1) is 9.39 Å². The molecule has 1 amide bonds. The molecule has 2 aromatic carbocycles. The first-order valence-corrected chi connectivity index (χ1v) is 9.67. The predicted molar refractivity (Wildman–Crippen MR) is 106 cm³/mol. The molecule has 0 spiro atoms. The van der Waals surface area contributed by atoms with Crippen molar-refractivity contribution < 1.29 is 9.18 Å². The molecule has 3 rings (SSSR count). The molecule has 0 aliphatic carbocycles. The van der Waals surface area contributed by atoms with Crippen molar-refractivity contribution in [2.45, 2.75) is 31.8 Å². The van der Waals surface area contributed by atoms with Gasteiger partial charge < -0.3 is 5.32 Å². The van der Waals surface area contributed by atoms with Crippen molar-refractivity contribution in [1.82, 2.24) is 10.2 Å². The van der Waals surface area contributed by atoms with Gasteiger partial charge in [0.05, 0.1) is 6.42 Å². The zero-order valence-corrected chi connectivity index (χ0v) is 16.2. The van der Waals surface area contributed by atoms with Gasteiger partial charge in [-0.3, -0.25) is 9.69 Å². The second-order valence-electron chi connectivity index (χ2n) is 6.55. The minimum absolute atomic E-state index is 0.0262. The third kappa shape index (κ3) is 5.78. The Hall–Kier alpha value is -1.47. The lowest BCUT2D eigenvalue weighted by Gasteiger charge is -2.32. The summed E-state index contributed by atoms with van der Waals surface area (Å²) in [5.41, 5.74) is 2.04. The molecule has 1 fully saturated rings. The van der Waals surface area contributed by atoms with Crippen LogP contribution in [-0.2, 0) is 17.8 Å². The Bertz CT molecular complexity index is 712. The largest absolute Gasteiger partial charge is 0.353 e. The van der Waals surface area contributed by atoms with Gasteiger partial charge in [0.2, 0.25) is 5.91 Å². The van der Waals surface area contributed by atoms with E-state index in [2.05, 4.69) is 57.1 Å². The van der Waals surface area contributed by atoms with Crippen molar-refractivity contribution in [3.05, 3.63) is 69.0 Å². The lowest BCUT2D eigenvalue weighted by molar-refractivity contribution is -0.121. The quantitative estimate of drug-likeness (QED) is 0.702. The smallest absolute Gasteiger partial charge is 0.224 e. The Labute approximate surface area is 161 Å². The number of benzene rings is 2. The maximum Gasteiger partial charge on any atom is 0.224 e. The number of piperidine rings is 1. The van der Waals surface area contributed by atoms with E-state index < -0.39 is 0 Å². The maximum atomic E-state index is 13.2. The van der Waals surface area contributed by atoms with Crippen molar-refractivity contribution in [3.8, 4) is 0 Å². The molecule has 1 N–H and O–H groups in total. The number of hydrogen-bond donors (Lipinski definition) is 1. The number of rotatable bonds is 5. The summed E-state index contributed by atoms with van der Waals surface area (Å²) in [6.07, 6.45) is 2.15. The third-order valence-electron chi connectivity index (χ3n) is 4.53. The van der Waals surface area contributed by atoms with E-state index in [-0.39, 0.29) is 24.2 Å². The van der Waals surface area contributed by atoms with Gasteiger partial charge in [-0.25, -0.2) is 4.39 Å². The summed E-state index contributed by atoms with van der Waals surface area (Å²) < 4.78 is 14.4. The van der Waals surface area contributed by atoms with Crippen LogP contribution in [0.4, 0.5) is 4.39 Å². The molecule has 1 aliphatic rings. The van der Waals surface area contributed by atoms with Crippen LogP contribution < -0.4 is 5.32 Å². The highest BCUT2D eigenvalue weighted by molar-refractivity contribution is 14.1. The zero-order chi connectivity index (χ0) is 17.6. The number of halogens is 2. The second-order valence-corrected chi connectivity index (χ2v) is 7.80. The lowest BCUT2D eigenvalue weighted by Crippen LogP contribution is -2.44. The topological polar surface area (TPSA) is 32.3 Å². The van der Waals surface area contributed by atoms with E-state index in [0.717, 1.165) is 32.5 Å². The molecule has 25 heavy (non-hydrogen) atoms. The standard InChI is InChI=1S/C20H22FIN2O/c21-17-3-1-2-16(12-17)13-20(25)23-19-8-10-24(11-9-19)14-15-4-6-18(22)7-5-15/h1-7,12,19H,8-11,13-14H2,(H,23,25). The monoisotopic (exact) mass is 452 g/mol. The molecule has 0 aromatic heterocycles. The highest BCUT2D eigenvalue weighted by atomic mass is 127. The van der Waals surface area contributed by atoms with E-state index in [9.17, 15) is 9.18 Å². The van der Waals surface area contributed by atoms with Gasteiger partial charge in [0.15, 0.2) is 0 Å². The van der Waals surface area contributed by atoms with Gasteiger partial charge in [0.1, 0.15) is 5.82 Å². The van der Waals surface area contributed by atoms with Crippen LogP contribution in [0.2, 0.25) is 0 Å². The number of nitrogens with zero attached hydrogens (tertiary/aromatic N) is 1. The van der Waals surface area contributed by atoms with Gasteiger partial charge in [0, 0.05) is 29.2 Å². The molecule has 1 saturated heterocycles. The molecule has 1 aliphatic heterocycles. The Morgan fingerprint density at radius 2 is 1.84 bits per heavy atom. The summed E-state index contributed by atoms with van der Waals surface area (Å²) in [5.74, 6) is -0.323. The molecule has 2 aromatic rings. The molecular weight excluding hydrogens is 430 g/mol. The summed E-state index contributed by atoms with van der Waals surface area (Å²) in [6, 6.07) is 15.1. The number of carbonyl (C=O) groups excluding carboxylic acids is 1. The van der Waals surface area contributed by atoms with Gasteiger partial charge in [-0.2, -0.15) is 0 Å². The first-order valence-electron chi connectivity index (χ1n) is 8.59. The fourth-order valence-electron chi connectivity index (χ4n) is 3.19. The number of nitrogens with one attached hydrogen (secondary N) is 1. The molecule has 0 bridgehead atoms.